The summed E-state index contributed by atoms with van der Waals surface area (Å²) in [7, 11) is -3.67. The number of rotatable bonds is 10. The molecule has 0 saturated carbocycles. The van der Waals surface area contributed by atoms with Gasteiger partial charge in [0.25, 0.3) is 0 Å². The number of furan rings is 1. The summed E-state index contributed by atoms with van der Waals surface area (Å²) in [5.74, 6) is 0.724. The molecule has 0 radical (unpaired) electrons. The lowest BCUT2D eigenvalue weighted by Crippen LogP contribution is -2.26. The largest absolute Gasteiger partial charge is 0.465 e. The SMILES string of the molecule is CCCCOCCCNS(=O)(=O)c1c(C)oc(C)c1CO. The minimum atomic E-state index is -3.67. The number of unbranched alkanes of at least 4 members (excludes halogenated alkanes) is 1. The monoisotopic (exact) mass is 319 g/mol. The molecule has 21 heavy (non-hydrogen) atoms. The number of nitrogens with one attached hydrogen (secondary N) is 1. The van der Waals surface area contributed by atoms with Crippen molar-refractivity contribution in [3.63, 3.8) is 0 Å². The molecular weight excluding hydrogens is 294 g/mol. The molecule has 1 rings (SSSR count). The predicted molar refractivity (Wildman–Crippen MR) is 79.6 cm³/mol. The molecule has 0 aromatic carbocycles. The van der Waals surface area contributed by atoms with E-state index in [1.807, 2.05) is 0 Å². The summed E-state index contributed by atoms with van der Waals surface area (Å²) in [6, 6.07) is 0. The minimum absolute atomic E-state index is 0.0504. The van der Waals surface area contributed by atoms with Crippen LogP contribution in [-0.4, -0.2) is 33.3 Å². The molecule has 0 spiro atoms. The van der Waals surface area contributed by atoms with Crippen LogP contribution in [0.25, 0.3) is 0 Å². The van der Waals surface area contributed by atoms with Crippen molar-refractivity contribution >= 4 is 10.0 Å². The summed E-state index contributed by atoms with van der Waals surface area (Å²) in [6.07, 6.45) is 2.70. The Labute approximate surface area is 126 Å². The van der Waals surface area contributed by atoms with Crippen LogP contribution in [-0.2, 0) is 21.4 Å². The smallest absolute Gasteiger partial charge is 0.244 e. The zero-order valence-electron chi connectivity index (χ0n) is 12.9. The molecule has 0 bridgehead atoms. The maximum absolute atomic E-state index is 12.3. The lowest BCUT2D eigenvalue weighted by Gasteiger charge is -2.08. The molecule has 1 aromatic rings. The second kappa shape index (κ2) is 8.53. The Morgan fingerprint density at radius 2 is 1.86 bits per heavy atom. The molecule has 0 amide bonds. The zero-order chi connectivity index (χ0) is 15.9. The summed E-state index contributed by atoms with van der Waals surface area (Å²) < 4.78 is 37.7. The van der Waals surface area contributed by atoms with E-state index in [0.29, 0.717) is 43.3 Å². The van der Waals surface area contributed by atoms with Gasteiger partial charge < -0.3 is 14.3 Å². The van der Waals surface area contributed by atoms with Gasteiger partial charge >= 0.3 is 0 Å². The number of hydrogen-bond acceptors (Lipinski definition) is 5. The normalized spacial score (nSPS) is 12.0. The van der Waals surface area contributed by atoms with Gasteiger partial charge in [0.05, 0.1) is 6.61 Å². The maximum atomic E-state index is 12.3. The third kappa shape index (κ3) is 5.10. The first-order valence-electron chi connectivity index (χ1n) is 7.21. The molecule has 1 aromatic heterocycles. The highest BCUT2D eigenvalue weighted by Gasteiger charge is 2.25. The lowest BCUT2D eigenvalue weighted by molar-refractivity contribution is 0.130. The third-order valence-corrected chi connectivity index (χ3v) is 4.81. The van der Waals surface area contributed by atoms with E-state index in [9.17, 15) is 13.5 Å². The van der Waals surface area contributed by atoms with Crippen LogP contribution < -0.4 is 4.72 Å². The fourth-order valence-corrected chi connectivity index (χ4v) is 3.56. The summed E-state index contributed by atoms with van der Waals surface area (Å²) >= 11 is 0. The molecule has 1 heterocycles. The number of sulfonamides is 1. The third-order valence-electron chi connectivity index (χ3n) is 3.15. The van der Waals surface area contributed by atoms with Crippen molar-refractivity contribution in [3.8, 4) is 0 Å². The summed E-state index contributed by atoms with van der Waals surface area (Å²) in [5, 5.41) is 9.30. The highest BCUT2D eigenvalue weighted by Crippen LogP contribution is 2.26. The average Bonchev–Trinajstić information content (AvgIpc) is 2.72. The Kier molecular flexibility index (Phi) is 7.37. The molecule has 0 aliphatic carbocycles. The van der Waals surface area contributed by atoms with Gasteiger partial charge in [0, 0.05) is 25.3 Å². The van der Waals surface area contributed by atoms with Crippen molar-refractivity contribution in [3.05, 3.63) is 17.1 Å². The van der Waals surface area contributed by atoms with Crippen molar-refractivity contribution in [1.29, 1.82) is 0 Å². The second-order valence-electron chi connectivity index (χ2n) is 4.90. The van der Waals surface area contributed by atoms with Crippen molar-refractivity contribution in [1.82, 2.24) is 4.72 Å². The van der Waals surface area contributed by atoms with Gasteiger partial charge in [-0.05, 0) is 26.7 Å². The molecule has 122 valence electrons. The Morgan fingerprint density at radius 1 is 1.19 bits per heavy atom. The lowest BCUT2D eigenvalue weighted by atomic mass is 10.2. The van der Waals surface area contributed by atoms with Crippen LogP contribution in [0.1, 0.15) is 43.3 Å². The van der Waals surface area contributed by atoms with E-state index >= 15 is 0 Å². The van der Waals surface area contributed by atoms with Gasteiger partial charge in [-0.2, -0.15) is 0 Å². The van der Waals surface area contributed by atoms with E-state index in [1.165, 1.54) is 0 Å². The second-order valence-corrected chi connectivity index (χ2v) is 6.60. The van der Waals surface area contributed by atoms with E-state index in [0.717, 1.165) is 12.8 Å². The van der Waals surface area contributed by atoms with Crippen LogP contribution in [0.15, 0.2) is 9.31 Å². The molecule has 0 unspecified atom stereocenters. The van der Waals surface area contributed by atoms with E-state index in [-0.39, 0.29) is 11.5 Å². The summed E-state index contributed by atoms with van der Waals surface area (Å²) in [4.78, 5) is 0.0504. The molecule has 0 aliphatic heterocycles. The van der Waals surface area contributed by atoms with Crippen LogP contribution in [0, 0.1) is 13.8 Å². The molecule has 6 nitrogen and oxygen atoms in total. The van der Waals surface area contributed by atoms with E-state index in [2.05, 4.69) is 11.6 Å². The molecule has 7 heteroatoms. The van der Waals surface area contributed by atoms with E-state index in [1.54, 1.807) is 13.8 Å². The van der Waals surface area contributed by atoms with Crippen molar-refractivity contribution in [2.45, 2.75) is 51.5 Å². The zero-order valence-corrected chi connectivity index (χ0v) is 13.8. The fourth-order valence-electron chi connectivity index (χ4n) is 2.05. The van der Waals surface area contributed by atoms with Crippen molar-refractivity contribution < 1.29 is 22.7 Å². The van der Waals surface area contributed by atoms with Gasteiger partial charge in [0.15, 0.2) is 0 Å². The first-order chi connectivity index (χ1) is 9.94. The van der Waals surface area contributed by atoms with Gasteiger partial charge in [-0.25, -0.2) is 13.1 Å². The summed E-state index contributed by atoms with van der Waals surface area (Å²) in [6.45, 7) is 6.47. The highest BCUT2D eigenvalue weighted by molar-refractivity contribution is 7.89. The van der Waals surface area contributed by atoms with Crippen LogP contribution in [0.4, 0.5) is 0 Å². The van der Waals surface area contributed by atoms with Crippen LogP contribution >= 0.6 is 0 Å². The maximum Gasteiger partial charge on any atom is 0.244 e. The van der Waals surface area contributed by atoms with Gasteiger partial charge in [0.2, 0.25) is 10.0 Å². The Bertz CT molecular complexity index is 536. The quantitative estimate of drug-likeness (QED) is 0.643. The van der Waals surface area contributed by atoms with Crippen LogP contribution in [0.2, 0.25) is 0 Å². The first-order valence-corrected chi connectivity index (χ1v) is 8.69. The number of ether oxygens (including phenoxy) is 1. The predicted octanol–water partition coefficient (Wildman–Crippen LogP) is 1.87. The Morgan fingerprint density at radius 3 is 2.48 bits per heavy atom. The van der Waals surface area contributed by atoms with Gasteiger partial charge in [-0.3, -0.25) is 0 Å². The highest BCUT2D eigenvalue weighted by atomic mass is 32.2. The van der Waals surface area contributed by atoms with E-state index < -0.39 is 10.0 Å². The Balaban J connectivity index is 2.55. The Hall–Kier alpha value is -0.890. The van der Waals surface area contributed by atoms with Gasteiger partial charge in [-0.15, -0.1) is 0 Å². The molecule has 2 N–H and O–H groups in total. The first kappa shape index (κ1) is 18.2. The average molecular weight is 319 g/mol. The molecule has 0 aliphatic rings. The van der Waals surface area contributed by atoms with Gasteiger partial charge in [0.1, 0.15) is 16.4 Å². The number of hydrogen-bond donors (Lipinski definition) is 2. The topological polar surface area (TPSA) is 88.8 Å². The van der Waals surface area contributed by atoms with E-state index in [4.69, 9.17) is 9.15 Å². The van der Waals surface area contributed by atoms with Crippen LogP contribution in [0.3, 0.4) is 0 Å². The number of aryl methyl sites for hydroxylation is 2. The number of aliphatic hydroxyl groups is 1. The van der Waals surface area contributed by atoms with Crippen molar-refractivity contribution in [2.24, 2.45) is 0 Å². The fraction of sp³-hybridized carbons (Fsp3) is 0.714. The van der Waals surface area contributed by atoms with Crippen LogP contribution in [0.5, 0.6) is 0 Å². The standard InChI is InChI=1S/C14H25NO5S/c1-4-5-8-19-9-6-7-15-21(17,18)14-12(3)20-11(2)13(14)10-16/h15-16H,4-10H2,1-3H3. The van der Waals surface area contributed by atoms with Crippen molar-refractivity contribution in [2.75, 3.05) is 19.8 Å². The molecule has 0 saturated heterocycles. The molecular formula is C14H25NO5S. The minimum Gasteiger partial charge on any atom is -0.465 e. The number of aliphatic hydroxyl groups excluding tert-OH is 1. The van der Waals surface area contributed by atoms with Gasteiger partial charge in [-0.1, -0.05) is 13.3 Å². The molecule has 0 atom stereocenters. The summed E-state index contributed by atoms with van der Waals surface area (Å²) in [5.41, 5.74) is 0.319. The molecule has 0 fully saturated rings.